The number of ketones is 4. The lowest BCUT2D eigenvalue weighted by molar-refractivity contribution is -0.114. The van der Waals surface area contributed by atoms with Crippen LogP contribution in [0.5, 0.6) is 23.0 Å². The van der Waals surface area contributed by atoms with Crippen LogP contribution in [0.2, 0.25) is 0 Å². The third-order valence-electron chi connectivity index (χ3n) is 17.8. The summed E-state index contributed by atoms with van der Waals surface area (Å²) < 4.78 is 417. The number of rotatable bonds is 36. The average molecular weight is 1830 g/mol. The number of likely N-dealkylation sites (N-methyl/N-ethyl adjacent to an activating group) is 4. The molecule has 0 amide bonds. The number of nitriles is 4. The van der Waals surface area contributed by atoms with Gasteiger partial charge in [0.15, 0.2) is 23.1 Å². The number of fused-ring (bicyclic) bond motifs is 4. The van der Waals surface area contributed by atoms with Crippen LogP contribution in [0.3, 0.4) is 0 Å². The van der Waals surface area contributed by atoms with E-state index in [0.717, 1.165) is 64.2 Å². The monoisotopic (exact) mass is 1830 g/mol. The van der Waals surface area contributed by atoms with E-state index < -0.39 is 279 Å². The first-order valence-corrected chi connectivity index (χ1v) is 38.8. The lowest BCUT2D eigenvalue weighted by Gasteiger charge is -2.15. The first-order valence-electron chi connectivity index (χ1n) is 60.3. The summed E-state index contributed by atoms with van der Waals surface area (Å²) in [4.78, 5) is 72.6. The Labute approximate surface area is 828 Å². The minimum Gasteiger partial charge on any atom is -0.494 e. The van der Waals surface area contributed by atoms with Gasteiger partial charge in [0.1, 0.15) is 70.5 Å². The Balaban J connectivity index is 0.000000255. The summed E-state index contributed by atoms with van der Waals surface area (Å²) in [6, 6.07) is 4.27. The van der Waals surface area contributed by atoms with Crippen LogP contribution in [-0.4, -0.2) is 171 Å². The van der Waals surface area contributed by atoms with E-state index in [0.29, 0.717) is 5.52 Å². The van der Waals surface area contributed by atoms with E-state index in [1.165, 1.54) is 98.6 Å². The highest BCUT2D eigenvalue weighted by molar-refractivity contribution is 6.03. The van der Waals surface area contributed by atoms with Crippen LogP contribution in [-0.2, 0) is 44.9 Å². The van der Waals surface area contributed by atoms with Crippen molar-refractivity contribution in [1.82, 2.24) is 39.5 Å². The van der Waals surface area contributed by atoms with Crippen LogP contribution in [0, 0.1) is 96.3 Å². The molecule has 680 valence electrons. The largest absolute Gasteiger partial charge is 0.494 e. The maximum Gasteiger partial charge on any atom is 0.159 e. The number of aromatic nitrogens is 4. The Morgan fingerprint density at radius 3 is 0.894 bits per heavy atom. The van der Waals surface area contributed by atoms with Crippen molar-refractivity contribution in [3.05, 3.63) is 284 Å². The maximum absolute atomic E-state index is 14.4. The number of nitrogens with one attached hydrogen (secondary N) is 4. The lowest BCUT2D eigenvalue weighted by Crippen LogP contribution is -2.11. The van der Waals surface area contributed by atoms with Gasteiger partial charge in [-0.15, -0.1) is 0 Å². The van der Waals surface area contributed by atoms with Gasteiger partial charge in [-0.25, -0.2) is 17.6 Å². The number of benzene rings is 8. The van der Waals surface area contributed by atoms with Crippen LogP contribution >= 0.6 is 0 Å². The Morgan fingerprint density at radius 2 is 0.659 bits per heavy atom. The van der Waals surface area contributed by atoms with Gasteiger partial charge in [-0.2, -0.15) is 21.0 Å². The number of hydrogen-bond acceptors (Lipinski definition) is 24. The quantitative estimate of drug-likeness (QED) is 0.0209. The first-order chi connectivity index (χ1) is 80.4. The molecular formula is C104H108F4N16O8. The highest BCUT2D eigenvalue weighted by Gasteiger charge is 2.23. The molecule has 0 radical (unpaired) electrons. The Kier molecular flexibility index (Phi) is 20.7. The van der Waals surface area contributed by atoms with E-state index in [9.17, 15) is 57.8 Å². The minimum absolute atomic E-state index is 0.00165. The molecule has 24 nitrogen and oxygen atoms in total. The molecule has 8 aromatic carbocycles. The van der Waals surface area contributed by atoms with E-state index in [2.05, 4.69) is 41.2 Å². The second-order valence-electron chi connectivity index (χ2n) is 28.1. The zero-order valence-electron chi connectivity index (χ0n) is 115. The number of ether oxygens (including phenoxy) is 4. The van der Waals surface area contributed by atoms with Gasteiger partial charge in [0.05, 0.1) is 129 Å². The number of carbonyl (C=O) groups is 4. The van der Waals surface area contributed by atoms with Crippen LogP contribution < -0.4 is 40.2 Å². The zero-order chi connectivity index (χ0) is 133. The Morgan fingerprint density at radius 1 is 0.402 bits per heavy atom. The molecule has 4 heterocycles. The van der Waals surface area contributed by atoms with Crippen molar-refractivity contribution >= 4 is 112 Å². The van der Waals surface area contributed by atoms with Crippen LogP contribution in [0.4, 0.5) is 63.1 Å². The second-order valence-corrected chi connectivity index (χ2v) is 28.1. The molecular weight excluding hydrogens is 1680 g/mol. The molecule has 0 aliphatic heterocycles. The summed E-state index contributed by atoms with van der Waals surface area (Å²) in [5.74, 6) is -8.88. The molecule has 0 saturated heterocycles. The fourth-order valence-corrected chi connectivity index (χ4v) is 11.8. The van der Waals surface area contributed by atoms with Crippen LogP contribution in [0.25, 0.3) is 43.6 Å². The van der Waals surface area contributed by atoms with Gasteiger partial charge in [-0.1, -0.05) is 24.2 Å². The van der Waals surface area contributed by atoms with Crippen molar-refractivity contribution < 1.29 is 115 Å². The number of anilines is 8. The molecule has 0 unspecified atom stereocenters. The van der Waals surface area contributed by atoms with Crippen molar-refractivity contribution in [2.45, 2.75) is 80.9 Å². The van der Waals surface area contributed by atoms with Crippen LogP contribution in [0.15, 0.2) is 194 Å². The van der Waals surface area contributed by atoms with Gasteiger partial charge in [0.2, 0.25) is 0 Å². The van der Waals surface area contributed by atoms with Gasteiger partial charge in [-0.05, 0) is 255 Å². The number of pyridine rings is 4. The van der Waals surface area contributed by atoms with Gasteiger partial charge < -0.3 is 59.8 Å². The zero-order valence-corrected chi connectivity index (χ0v) is 72.2. The van der Waals surface area contributed by atoms with Crippen molar-refractivity contribution in [1.29, 1.82) is 21.0 Å². The molecule has 4 aromatic heterocycles. The number of nitrogens with zero attached hydrogens (tertiary/aromatic N) is 12. The minimum atomic E-state index is -3.30. The van der Waals surface area contributed by atoms with Crippen molar-refractivity contribution in [2.75, 3.05) is 130 Å². The molecule has 4 N–H and O–H groups in total. The SMILES string of the molecule is [2H]/C(C(=O)Cc1cc2c(Nc3c([2H])c([2H])c(F)c(C)c3[2H])c(C#N)cnc2cc1OC([2H])([2H])C([2H])([2H])[2H])=C(/[2H])C([2H])([2H])N(C)C.[2H]/C(CN(C)C([2H])([2H])[2H])=C(/[2H])C(=O)Cc1cc2c(Nc3c([2H])c([2H])c(F)c(C)c3[2H])c(C#N)cnc2cc1OC([2H])([2H])C.[2H]/C(CN(C)C([2H])([2H])[2H])=C(/[2H])C(=O)Cc1cc2c(Nc3c([2H])c([2H])c(F)c(C)c3[2H])c(C#N)cnc2cc1OC([2H])([2H])C([2H])([2H])[2H].[2H]/C(CN(C)C([2H])([2H])[2H])=C(/[2H])C(=O)Cc1cc2c(Nc3c([2H])c([2H])c(F)c(C)c3[2H])c(C#N)cnc2cc1OCC. The van der Waals surface area contributed by atoms with Crippen molar-refractivity contribution in [3.63, 3.8) is 0 Å². The number of hydrogen-bond donors (Lipinski definition) is 4. The highest BCUT2D eigenvalue weighted by atomic mass is 19.1. The van der Waals surface area contributed by atoms with E-state index in [4.69, 9.17) is 77.9 Å². The Hall–Kier alpha value is -15.0. The van der Waals surface area contributed by atoms with E-state index >= 15 is 0 Å². The second kappa shape index (κ2) is 48.9. The molecule has 0 spiro atoms. The molecule has 28 heteroatoms. The molecule has 0 fully saturated rings. The normalized spacial score (nSPS) is 17.4. The molecule has 12 rings (SSSR count). The maximum atomic E-state index is 14.4. The summed E-state index contributed by atoms with van der Waals surface area (Å²) in [5, 5.41) is 50.7. The van der Waals surface area contributed by atoms with E-state index in [-0.39, 0.29) is 175 Å². The van der Waals surface area contributed by atoms with E-state index in [1.54, 1.807) is 6.92 Å². The number of allylic oxidation sites excluding steroid dienone is 4. The standard InChI is InChI=1S/4C26H27FN4O2/c4*1-5-33-25-14-24-22(13-18(25)12-21(32)7-6-10-31(3)4)26(19(15-28)16-29-24)30-20-8-9-23(27)17(2)11-20/h4*6-9,11,13-14,16H,5,10,12H2,1-4H3,(H,29,30)/b4*7-6+/i1D3,5D2,6D,7D,8D,9D,10D2,11D;1D3,3D3,5D2,6D,7D,8D,9D,11D;3D3,5D2,6D,7D,8D,9D,11D;3D3,6D,7D,8D,9D,11D. The topological polar surface area (TPSA) is 313 Å². The predicted octanol–water partition coefficient (Wildman–Crippen LogP) is 19.7. The summed E-state index contributed by atoms with van der Waals surface area (Å²) >= 11 is 0. The third kappa shape index (κ3) is 28.5. The lowest BCUT2D eigenvalue weighted by atomic mass is 10.0. The molecule has 0 atom stereocenters. The number of carbonyl (C=O) groups excluding carboxylic acids is 4. The smallest absolute Gasteiger partial charge is 0.159 e. The first kappa shape index (κ1) is 55.7. The molecule has 0 aliphatic rings. The predicted molar refractivity (Wildman–Crippen MR) is 514 cm³/mol. The van der Waals surface area contributed by atoms with E-state index in [1.807, 2.05) is 24.3 Å². The van der Waals surface area contributed by atoms with Crippen molar-refractivity contribution in [3.8, 4) is 47.3 Å². The molecule has 12 aromatic rings. The van der Waals surface area contributed by atoms with Gasteiger partial charge >= 0.3 is 0 Å². The molecule has 0 saturated carbocycles. The van der Waals surface area contributed by atoms with Gasteiger partial charge in [0, 0.05) is 191 Å². The third-order valence-corrected chi connectivity index (χ3v) is 17.8. The summed E-state index contributed by atoms with van der Waals surface area (Å²) in [7, 11) is 6.22. The summed E-state index contributed by atoms with van der Waals surface area (Å²) in [6.07, 6.45) is 1.99. The van der Waals surface area contributed by atoms with Gasteiger partial charge in [-0.3, -0.25) is 39.1 Å². The summed E-state index contributed by atoms with van der Waals surface area (Å²) in [6.45, 7) is -19.1. The van der Waals surface area contributed by atoms with Gasteiger partial charge in [0.25, 0.3) is 0 Å². The van der Waals surface area contributed by atoms with Crippen molar-refractivity contribution in [2.24, 2.45) is 0 Å². The van der Waals surface area contributed by atoms with Crippen LogP contribution in [0.1, 0.15) is 153 Å². The fraction of sp³-hybridized carbons (Fsp3) is 0.269. The molecule has 132 heavy (non-hydrogen) atoms. The molecule has 0 aliphatic carbocycles. The average Bonchev–Trinajstić information content (AvgIpc) is 0.759. The highest BCUT2D eigenvalue weighted by Crippen LogP contribution is 2.40. The fourth-order valence-electron chi connectivity index (χ4n) is 11.8. The number of halogens is 4. The molecule has 0 bridgehead atoms. The summed E-state index contributed by atoms with van der Waals surface area (Å²) in [5.41, 5.74) is -2.26. The Bertz CT molecular complexity index is 8710.